The van der Waals surface area contributed by atoms with Crippen LogP contribution in [0.5, 0.6) is 0 Å². The summed E-state index contributed by atoms with van der Waals surface area (Å²) in [6, 6.07) is 13.2. The molecule has 0 heterocycles. The number of rotatable bonds is 8. The minimum atomic E-state index is -0.450. The lowest BCUT2D eigenvalue weighted by Gasteiger charge is -2.20. The van der Waals surface area contributed by atoms with Gasteiger partial charge in [-0.15, -0.1) is 0 Å². The van der Waals surface area contributed by atoms with E-state index in [1.807, 2.05) is 0 Å². The molecule has 1 aliphatic rings. The summed E-state index contributed by atoms with van der Waals surface area (Å²) in [7, 11) is 0. The fourth-order valence-corrected chi connectivity index (χ4v) is 3.60. The first-order valence-corrected chi connectivity index (χ1v) is 10.2. The third-order valence-electron chi connectivity index (χ3n) is 5.20. The Morgan fingerprint density at radius 2 is 1.77 bits per heavy atom. The van der Waals surface area contributed by atoms with E-state index in [1.165, 1.54) is 12.5 Å². The van der Waals surface area contributed by atoms with Gasteiger partial charge in [-0.3, -0.25) is 19.7 Å². The van der Waals surface area contributed by atoms with Gasteiger partial charge in [0.15, 0.2) is 0 Å². The molecule has 8 nitrogen and oxygen atoms in total. The Hall–Kier alpha value is -3.42. The fraction of sp³-hybridized carbons (Fsp3) is 0.364. The molecular formula is C22H26N4O4. The van der Waals surface area contributed by atoms with Crippen molar-refractivity contribution in [1.82, 2.24) is 5.32 Å². The van der Waals surface area contributed by atoms with E-state index < -0.39 is 4.92 Å². The predicted octanol–water partition coefficient (Wildman–Crippen LogP) is 3.96. The minimum absolute atomic E-state index is 0.00904. The van der Waals surface area contributed by atoms with Crippen molar-refractivity contribution in [3.05, 3.63) is 64.2 Å². The van der Waals surface area contributed by atoms with Crippen molar-refractivity contribution in [3.8, 4) is 0 Å². The van der Waals surface area contributed by atoms with E-state index >= 15 is 0 Å². The summed E-state index contributed by atoms with van der Waals surface area (Å²) in [5.41, 5.74) is 1.45. The van der Waals surface area contributed by atoms with E-state index in [2.05, 4.69) is 16.0 Å². The van der Waals surface area contributed by atoms with Gasteiger partial charge in [0.05, 0.1) is 4.92 Å². The van der Waals surface area contributed by atoms with Crippen molar-refractivity contribution in [2.75, 3.05) is 23.7 Å². The number of nitrogens with one attached hydrogen (secondary N) is 3. The van der Waals surface area contributed by atoms with Crippen LogP contribution in [0.3, 0.4) is 0 Å². The number of nitrogens with zero attached hydrogens (tertiary/aromatic N) is 1. The molecule has 0 atom stereocenters. The molecule has 158 valence electrons. The van der Waals surface area contributed by atoms with E-state index in [0.717, 1.165) is 25.7 Å². The summed E-state index contributed by atoms with van der Waals surface area (Å²) in [5.74, 6) is -0.210. The Kier molecular flexibility index (Phi) is 7.37. The lowest BCUT2D eigenvalue weighted by atomic mass is 9.88. The number of carbonyl (C=O) groups excluding carboxylic acids is 2. The standard InChI is InChI=1S/C22H26N4O4/c27-21(24-14-13-23-19-11-4-5-12-20(19)26(29)30)17-9-6-10-18(15-17)25-22(28)16-7-2-1-3-8-16/h4-6,9-12,15-16,23H,1-3,7-8,13-14H2,(H,24,27)(H,25,28). The maximum Gasteiger partial charge on any atom is 0.292 e. The van der Waals surface area contributed by atoms with E-state index in [0.29, 0.717) is 30.0 Å². The molecule has 2 amide bonds. The zero-order valence-corrected chi connectivity index (χ0v) is 16.7. The minimum Gasteiger partial charge on any atom is -0.378 e. The van der Waals surface area contributed by atoms with Crippen LogP contribution in [-0.2, 0) is 4.79 Å². The summed E-state index contributed by atoms with van der Waals surface area (Å²) in [6.07, 6.45) is 5.19. The maximum absolute atomic E-state index is 12.4. The largest absolute Gasteiger partial charge is 0.378 e. The SMILES string of the molecule is O=C(NCCNc1ccccc1[N+](=O)[O-])c1cccc(NC(=O)C2CCCCC2)c1. The summed E-state index contributed by atoms with van der Waals surface area (Å²) in [6.45, 7) is 0.637. The Bertz CT molecular complexity index is 910. The molecule has 0 aromatic heterocycles. The first-order valence-electron chi connectivity index (χ1n) is 10.2. The zero-order chi connectivity index (χ0) is 21.3. The van der Waals surface area contributed by atoms with Crippen molar-refractivity contribution in [3.63, 3.8) is 0 Å². The lowest BCUT2D eigenvalue weighted by Crippen LogP contribution is -2.29. The van der Waals surface area contributed by atoms with E-state index in [4.69, 9.17) is 0 Å². The smallest absolute Gasteiger partial charge is 0.292 e. The average Bonchev–Trinajstić information content (AvgIpc) is 2.77. The van der Waals surface area contributed by atoms with Gasteiger partial charge in [-0.05, 0) is 37.1 Å². The van der Waals surface area contributed by atoms with Crippen LogP contribution < -0.4 is 16.0 Å². The Morgan fingerprint density at radius 3 is 2.53 bits per heavy atom. The molecule has 0 radical (unpaired) electrons. The molecule has 0 spiro atoms. The van der Waals surface area contributed by atoms with Crippen LogP contribution in [0.25, 0.3) is 0 Å². The number of para-hydroxylation sites is 2. The van der Waals surface area contributed by atoms with Crippen LogP contribution >= 0.6 is 0 Å². The van der Waals surface area contributed by atoms with Crippen LogP contribution in [0.2, 0.25) is 0 Å². The highest BCUT2D eigenvalue weighted by Gasteiger charge is 2.21. The number of hydrogen-bond donors (Lipinski definition) is 3. The Labute approximate surface area is 175 Å². The predicted molar refractivity (Wildman–Crippen MR) is 116 cm³/mol. The molecule has 2 aromatic carbocycles. The molecule has 0 bridgehead atoms. The van der Waals surface area contributed by atoms with Crippen LogP contribution in [0, 0.1) is 16.0 Å². The van der Waals surface area contributed by atoms with E-state index in [1.54, 1.807) is 42.5 Å². The molecule has 0 saturated heterocycles. The van der Waals surface area contributed by atoms with Crippen LogP contribution in [-0.4, -0.2) is 29.8 Å². The highest BCUT2D eigenvalue weighted by Crippen LogP contribution is 2.25. The lowest BCUT2D eigenvalue weighted by molar-refractivity contribution is -0.384. The van der Waals surface area contributed by atoms with Gasteiger partial charge in [-0.25, -0.2) is 0 Å². The molecule has 0 aliphatic heterocycles. The second-order valence-electron chi connectivity index (χ2n) is 7.36. The van der Waals surface area contributed by atoms with Gasteiger partial charge in [0.1, 0.15) is 5.69 Å². The summed E-state index contributed by atoms with van der Waals surface area (Å²) >= 11 is 0. The average molecular weight is 410 g/mol. The van der Waals surface area contributed by atoms with Gasteiger partial charge in [-0.2, -0.15) is 0 Å². The van der Waals surface area contributed by atoms with Crippen LogP contribution in [0.1, 0.15) is 42.5 Å². The first-order chi connectivity index (χ1) is 14.5. The number of nitro benzene ring substituents is 1. The fourth-order valence-electron chi connectivity index (χ4n) is 3.60. The maximum atomic E-state index is 12.4. The van der Waals surface area contributed by atoms with Crippen molar-refractivity contribution in [2.24, 2.45) is 5.92 Å². The highest BCUT2D eigenvalue weighted by atomic mass is 16.6. The van der Waals surface area contributed by atoms with Gasteiger partial charge in [0.25, 0.3) is 11.6 Å². The van der Waals surface area contributed by atoms with Gasteiger partial charge in [0.2, 0.25) is 5.91 Å². The van der Waals surface area contributed by atoms with Crippen molar-refractivity contribution >= 4 is 28.9 Å². The summed E-state index contributed by atoms with van der Waals surface area (Å²) in [4.78, 5) is 35.4. The number of benzene rings is 2. The van der Waals surface area contributed by atoms with Crippen molar-refractivity contribution < 1.29 is 14.5 Å². The quantitative estimate of drug-likeness (QED) is 0.346. The molecular weight excluding hydrogens is 384 g/mol. The third-order valence-corrected chi connectivity index (χ3v) is 5.20. The van der Waals surface area contributed by atoms with Gasteiger partial charge < -0.3 is 16.0 Å². The highest BCUT2D eigenvalue weighted by molar-refractivity contribution is 5.97. The molecule has 1 saturated carbocycles. The molecule has 3 rings (SSSR count). The third kappa shape index (κ3) is 5.79. The zero-order valence-electron chi connectivity index (χ0n) is 16.7. The van der Waals surface area contributed by atoms with Crippen molar-refractivity contribution in [2.45, 2.75) is 32.1 Å². The van der Waals surface area contributed by atoms with E-state index in [-0.39, 0.29) is 23.4 Å². The number of nitro groups is 1. The van der Waals surface area contributed by atoms with Gasteiger partial charge in [0, 0.05) is 36.3 Å². The van der Waals surface area contributed by atoms with Crippen molar-refractivity contribution in [1.29, 1.82) is 0 Å². The second-order valence-corrected chi connectivity index (χ2v) is 7.36. The molecule has 8 heteroatoms. The Morgan fingerprint density at radius 1 is 1.00 bits per heavy atom. The first kappa shape index (κ1) is 21.3. The normalized spacial score (nSPS) is 14.0. The number of amides is 2. The van der Waals surface area contributed by atoms with E-state index in [9.17, 15) is 19.7 Å². The summed E-state index contributed by atoms with van der Waals surface area (Å²) in [5, 5.41) is 19.7. The molecule has 1 fully saturated rings. The Balaban J connectivity index is 1.49. The monoisotopic (exact) mass is 410 g/mol. The number of carbonyl (C=O) groups is 2. The van der Waals surface area contributed by atoms with Gasteiger partial charge in [-0.1, -0.05) is 37.5 Å². The molecule has 2 aromatic rings. The van der Waals surface area contributed by atoms with Crippen LogP contribution in [0.15, 0.2) is 48.5 Å². The summed E-state index contributed by atoms with van der Waals surface area (Å²) < 4.78 is 0. The number of hydrogen-bond acceptors (Lipinski definition) is 5. The molecule has 3 N–H and O–H groups in total. The number of anilines is 2. The molecule has 1 aliphatic carbocycles. The topological polar surface area (TPSA) is 113 Å². The molecule has 0 unspecified atom stereocenters. The second kappa shape index (κ2) is 10.4. The van der Waals surface area contributed by atoms with Crippen LogP contribution in [0.4, 0.5) is 17.1 Å². The van der Waals surface area contributed by atoms with Gasteiger partial charge >= 0.3 is 0 Å². The molecule has 30 heavy (non-hydrogen) atoms.